The fourth-order valence-corrected chi connectivity index (χ4v) is 2.86. The molecule has 0 aliphatic rings. The topological polar surface area (TPSA) is 76.8 Å². The number of H-pyrrole nitrogens is 1. The van der Waals surface area contributed by atoms with Crippen LogP contribution in [0, 0.1) is 14.9 Å². The summed E-state index contributed by atoms with van der Waals surface area (Å²) in [5, 5.41) is 18.7. The van der Waals surface area contributed by atoms with Crippen molar-refractivity contribution in [3.05, 3.63) is 67.4 Å². The third-order valence-corrected chi connectivity index (χ3v) is 3.96. The zero-order chi connectivity index (χ0) is 16.6. The van der Waals surface area contributed by atoms with Crippen LogP contribution in [0.25, 0.3) is 17.1 Å². The summed E-state index contributed by atoms with van der Waals surface area (Å²) in [4.78, 5) is 10.5. The van der Waals surface area contributed by atoms with Gasteiger partial charge in [-0.05, 0) is 36.5 Å². The van der Waals surface area contributed by atoms with Gasteiger partial charge in [0.05, 0.1) is 15.6 Å². The van der Waals surface area contributed by atoms with Crippen LogP contribution in [0.5, 0.6) is 0 Å². The molecule has 0 atom stereocenters. The highest BCUT2D eigenvalue weighted by atomic mass is 35.5. The molecule has 0 aliphatic heterocycles. The van der Waals surface area contributed by atoms with E-state index in [4.69, 9.17) is 35.4 Å². The van der Waals surface area contributed by atoms with Crippen molar-refractivity contribution in [2.75, 3.05) is 0 Å². The van der Waals surface area contributed by atoms with Crippen LogP contribution >= 0.6 is 35.4 Å². The molecule has 1 heterocycles. The van der Waals surface area contributed by atoms with E-state index >= 15 is 0 Å². The SMILES string of the molecule is O=[N+]([O-])c1cccc(-n2c(-c3ccc(Cl)cc3Cl)n[nH]c2=S)c1. The lowest BCUT2D eigenvalue weighted by atomic mass is 10.2. The number of nitro groups is 1. The first kappa shape index (κ1) is 15.7. The minimum Gasteiger partial charge on any atom is -0.268 e. The van der Waals surface area contributed by atoms with Gasteiger partial charge in [-0.1, -0.05) is 29.3 Å². The van der Waals surface area contributed by atoms with Gasteiger partial charge in [-0.2, -0.15) is 5.10 Å². The maximum absolute atomic E-state index is 11.0. The van der Waals surface area contributed by atoms with Crippen molar-refractivity contribution in [3.8, 4) is 17.1 Å². The van der Waals surface area contributed by atoms with Crippen LogP contribution in [0.3, 0.4) is 0 Å². The second-order valence-corrected chi connectivity index (χ2v) is 5.82. The molecule has 23 heavy (non-hydrogen) atoms. The maximum atomic E-state index is 11.0. The second kappa shape index (κ2) is 6.11. The van der Waals surface area contributed by atoms with Crippen LogP contribution in [-0.2, 0) is 0 Å². The first-order chi connectivity index (χ1) is 11.0. The van der Waals surface area contributed by atoms with Crippen molar-refractivity contribution in [3.63, 3.8) is 0 Å². The number of aromatic amines is 1. The van der Waals surface area contributed by atoms with Crippen LogP contribution in [-0.4, -0.2) is 19.7 Å². The predicted molar refractivity (Wildman–Crippen MR) is 90.9 cm³/mol. The molecule has 0 unspecified atom stereocenters. The van der Waals surface area contributed by atoms with Crippen LogP contribution in [0.2, 0.25) is 10.0 Å². The molecular formula is C14H8Cl2N4O2S. The molecule has 0 radical (unpaired) electrons. The molecule has 3 rings (SSSR count). The Morgan fingerprint density at radius 3 is 2.70 bits per heavy atom. The van der Waals surface area contributed by atoms with Crippen LogP contribution in [0.1, 0.15) is 0 Å². The van der Waals surface area contributed by atoms with Gasteiger partial charge in [-0.25, -0.2) is 0 Å². The average Bonchev–Trinajstić information content (AvgIpc) is 2.89. The smallest absolute Gasteiger partial charge is 0.268 e. The normalized spacial score (nSPS) is 10.7. The van der Waals surface area contributed by atoms with Crippen molar-refractivity contribution in [2.45, 2.75) is 0 Å². The molecule has 0 spiro atoms. The van der Waals surface area contributed by atoms with Gasteiger partial charge in [0.15, 0.2) is 10.6 Å². The van der Waals surface area contributed by atoms with Gasteiger partial charge in [-0.3, -0.25) is 19.8 Å². The summed E-state index contributed by atoms with van der Waals surface area (Å²) in [6.07, 6.45) is 0. The molecule has 0 aliphatic carbocycles. The zero-order valence-electron chi connectivity index (χ0n) is 11.4. The fourth-order valence-electron chi connectivity index (χ4n) is 2.13. The zero-order valence-corrected chi connectivity index (χ0v) is 13.7. The third kappa shape index (κ3) is 2.98. The number of rotatable bonds is 3. The molecule has 9 heteroatoms. The molecular weight excluding hydrogens is 359 g/mol. The molecule has 0 amide bonds. The van der Waals surface area contributed by atoms with E-state index in [9.17, 15) is 10.1 Å². The highest BCUT2D eigenvalue weighted by Crippen LogP contribution is 2.31. The van der Waals surface area contributed by atoms with Gasteiger partial charge in [0.2, 0.25) is 0 Å². The number of benzene rings is 2. The Balaban J connectivity index is 2.22. The number of aromatic nitrogens is 3. The molecule has 0 fully saturated rings. The van der Waals surface area contributed by atoms with Crippen molar-refractivity contribution in [2.24, 2.45) is 0 Å². The van der Waals surface area contributed by atoms with Gasteiger partial charge in [0.1, 0.15) is 0 Å². The number of nitrogens with one attached hydrogen (secondary N) is 1. The van der Waals surface area contributed by atoms with Gasteiger partial charge >= 0.3 is 0 Å². The number of nitro benzene ring substituents is 1. The molecule has 2 aromatic carbocycles. The fraction of sp³-hybridized carbons (Fsp3) is 0. The largest absolute Gasteiger partial charge is 0.271 e. The Hall–Kier alpha value is -2.22. The second-order valence-electron chi connectivity index (χ2n) is 4.59. The Kier molecular flexibility index (Phi) is 4.16. The highest BCUT2D eigenvalue weighted by molar-refractivity contribution is 7.71. The van der Waals surface area contributed by atoms with Crippen LogP contribution in [0.4, 0.5) is 5.69 Å². The van der Waals surface area contributed by atoms with Crippen molar-refractivity contribution in [1.82, 2.24) is 14.8 Å². The molecule has 0 bridgehead atoms. The number of non-ortho nitro benzene ring substituents is 1. The molecule has 6 nitrogen and oxygen atoms in total. The Morgan fingerprint density at radius 2 is 2.00 bits per heavy atom. The van der Waals surface area contributed by atoms with Crippen molar-refractivity contribution in [1.29, 1.82) is 0 Å². The first-order valence-corrected chi connectivity index (χ1v) is 7.51. The molecule has 116 valence electrons. The summed E-state index contributed by atoms with van der Waals surface area (Å²) in [6, 6.07) is 11.1. The number of halogens is 2. The lowest BCUT2D eigenvalue weighted by Crippen LogP contribution is -1.99. The molecule has 3 aromatic rings. The minimum atomic E-state index is -0.470. The lowest BCUT2D eigenvalue weighted by Gasteiger charge is -2.08. The molecule has 0 saturated carbocycles. The number of hydrogen-bond donors (Lipinski definition) is 1. The number of hydrogen-bond acceptors (Lipinski definition) is 4. The van der Waals surface area contributed by atoms with Crippen molar-refractivity contribution >= 4 is 41.1 Å². The number of nitrogens with zero attached hydrogens (tertiary/aromatic N) is 3. The molecule has 1 N–H and O–H groups in total. The van der Waals surface area contributed by atoms with Gasteiger partial charge in [-0.15, -0.1) is 0 Å². The third-order valence-electron chi connectivity index (χ3n) is 3.14. The van der Waals surface area contributed by atoms with Crippen LogP contribution in [0.15, 0.2) is 42.5 Å². The Labute approximate surface area is 145 Å². The molecule has 0 saturated heterocycles. The summed E-state index contributed by atoms with van der Waals surface area (Å²) in [5.41, 5.74) is 1.08. The van der Waals surface area contributed by atoms with E-state index in [1.165, 1.54) is 12.1 Å². The van der Waals surface area contributed by atoms with E-state index in [0.717, 1.165) is 0 Å². The minimum absolute atomic E-state index is 0.0428. The lowest BCUT2D eigenvalue weighted by molar-refractivity contribution is -0.384. The average molecular weight is 367 g/mol. The summed E-state index contributed by atoms with van der Waals surface area (Å²) in [7, 11) is 0. The van der Waals surface area contributed by atoms with E-state index in [1.54, 1.807) is 34.9 Å². The van der Waals surface area contributed by atoms with E-state index in [2.05, 4.69) is 10.2 Å². The Bertz CT molecular complexity index is 967. The quantitative estimate of drug-likeness (QED) is 0.409. The molecule has 1 aromatic heterocycles. The first-order valence-electron chi connectivity index (χ1n) is 6.35. The van der Waals surface area contributed by atoms with E-state index in [1.807, 2.05) is 0 Å². The van der Waals surface area contributed by atoms with E-state index in [0.29, 0.717) is 31.9 Å². The highest BCUT2D eigenvalue weighted by Gasteiger charge is 2.16. The van der Waals surface area contributed by atoms with Gasteiger partial charge in [0.25, 0.3) is 5.69 Å². The summed E-state index contributed by atoms with van der Waals surface area (Å²) in [6.45, 7) is 0. The van der Waals surface area contributed by atoms with Gasteiger partial charge in [0, 0.05) is 22.7 Å². The van der Waals surface area contributed by atoms with E-state index in [-0.39, 0.29) is 5.69 Å². The summed E-state index contributed by atoms with van der Waals surface area (Å²) >= 11 is 17.4. The monoisotopic (exact) mass is 366 g/mol. The summed E-state index contributed by atoms with van der Waals surface area (Å²) in [5.74, 6) is 0.442. The predicted octanol–water partition coefficient (Wildman–Crippen LogP) is 4.81. The standard InChI is InChI=1S/C14H8Cl2N4O2S/c15-8-4-5-11(12(16)6-8)13-17-18-14(23)19(13)9-2-1-3-10(7-9)20(21)22/h1-7H,(H,18,23). The Morgan fingerprint density at radius 1 is 1.22 bits per heavy atom. The van der Waals surface area contributed by atoms with Crippen LogP contribution < -0.4 is 0 Å². The summed E-state index contributed by atoms with van der Waals surface area (Å²) < 4.78 is 1.88. The van der Waals surface area contributed by atoms with Crippen molar-refractivity contribution < 1.29 is 4.92 Å². The van der Waals surface area contributed by atoms with E-state index < -0.39 is 4.92 Å². The van der Waals surface area contributed by atoms with Gasteiger partial charge < -0.3 is 0 Å². The maximum Gasteiger partial charge on any atom is 0.271 e.